The molecule has 0 saturated heterocycles. The van der Waals surface area contributed by atoms with Crippen LogP contribution in [0.5, 0.6) is 0 Å². The van der Waals surface area contributed by atoms with Crippen LogP contribution in [0.4, 0.5) is 0 Å². The summed E-state index contributed by atoms with van der Waals surface area (Å²) in [7, 11) is 0. The van der Waals surface area contributed by atoms with E-state index in [1.807, 2.05) is 0 Å². The third-order valence-corrected chi connectivity index (χ3v) is 5.42. The van der Waals surface area contributed by atoms with Gasteiger partial charge in [-0.3, -0.25) is 0 Å². The summed E-state index contributed by atoms with van der Waals surface area (Å²) in [6.07, 6.45) is 2.26. The van der Waals surface area contributed by atoms with E-state index in [2.05, 4.69) is 94.3 Å². The Morgan fingerprint density at radius 2 is 1.36 bits per heavy atom. The fourth-order valence-corrected chi connectivity index (χ4v) is 3.89. The average molecular weight is 333 g/mol. The highest BCUT2D eigenvalue weighted by Gasteiger charge is 2.21. The molecule has 0 aliphatic rings. The Morgan fingerprint density at radius 1 is 0.800 bits per heavy atom. The van der Waals surface area contributed by atoms with Crippen LogP contribution in [-0.4, -0.2) is 4.57 Å². The van der Waals surface area contributed by atoms with Crippen LogP contribution in [-0.2, 0) is 6.54 Å². The Hall–Kier alpha value is -2.35. The molecule has 1 aromatic heterocycles. The molecule has 1 heterocycles. The molecule has 3 aromatic rings. The molecule has 0 saturated carbocycles. The van der Waals surface area contributed by atoms with Crippen LogP contribution in [0.3, 0.4) is 0 Å². The van der Waals surface area contributed by atoms with Gasteiger partial charge >= 0.3 is 0 Å². The Balaban J connectivity index is 2.09. The SMILES string of the molecule is Cc1cc(C)c(C[n+]2cn(-c3c(C)cccc3C)c(C)c2C)c(C)c1. The molecule has 3 rings (SSSR count). The molecule has 0 aliphatic heterocycles. The van der Waals surface area contributed by atoms with Crippen molar-refractivity contribution in [2.24, 2.45) is 0 Å². The van der Waals surface area contributed by atoms with Crippen LogP contribution >= 0.6 is 0 Å². The molecule has 0 fully saturated rings. The first-order valence-electron chi connectivity index (χ1n) is 9.01. The molecule has 2 heteroatoms. The Bertz CT molecular complexity index is 902. The van der Waals surface area contributed by atoms with Crippen molar-refractivity contribution >= 4 is 0 Å². The lowest BCUT2D eigenvalue weighted by Crippen LogP contribution is -2.36. The molecular formula is C23H29N2+. The maximum absolute atomic E-state index is 2.38. The van der Waals surface area contributed by atoms with E-state index in [4.69, 9.17) is 0 Å². The van der Waals surface area contributed by atoms with E-state index in [1.165, 1.54) is 50.5 Å². The molecule has 2 nitrogen and oxygen atoms in total. The molecule has 130 valence electrons. The highest BCUT2D eigenvalue weighted by Crippen LogP contribution is 2.22. The van der Waals surface area contributed by atoms with Gasteiger partial charge in [-0.2, -0.15) is 4.57 Å². The molecule has 2 aromatic carbocycles. The number of aromatic nitrogens is 2. The van der Waals surface area contributed by atoms with E-state index in [0.29, 0.717) is 0 Å². The smallest absolute Gasteiger partial charge is 0.229 e. The van der Waals surface area contributed by atoms with Gasteiger partial charge in [-0.1, -0.05) is 35.9 Å². The maximum Gasteiger partial charge on any atom is 0.249 e. The normalized spacial score (nSPS) is 11.2. The topological polar surface area (TPSA) is 8.81 Å². The minimum absolute atomic E-state index is 0.919. The van der Waals surface area contributed by atoms with Gasteiger partial charge in [-0.15, -0.1) is 0 Å². The highest BCUT2D eigenvalue weighted by molar-refractivity contribution is 5.48. The van der Waals surface area contributed by atoms with Gasteiger partial charge in [0.15, 0.2) is 0 Å². The van der Waals surface area contributed by atoms with Crippen molar-refractivity contribution in [3.63, 3.8) is 0 Å². The molecule has 0 spiro atoms. The predicted molar refractivity (Wildman–Crippen MR) is 105 cm³/mol. The molecule has 0 bridgehead atoms. The summed E-state index contributed by atoms with van der Waals surface area (Å²) in [5, 5.41) is 0. The quantitative estimate of drug-likeness (QED) is 0.598. The van der Waals surface area contributed by atoms with Gasteiger partial charge in [0.25, 0.3) is 0 Å². The van der Waals surface area contributed by atoms with E-state index in [9.17, 15) is 0 Å². The van der Waals surface area contributed by atoms with Crippen LogP contribution < -0.4 is 4.57 Å². The summed E-state index contributed by atoms with van der Waals surface area (Å²) in [5.74, 6) is 0. The van der Waals surface area contributed by atoms with Crippen LogP contribution in [0.1, 0.15) is 44.8 Å². The minimum Gasteiger partial charge on any atom is -0.229 e. The lowest BCUT2D eigenvalue weighted by atomic mass is 10.00. The van der Waals surface area contributed by atoms with Crippen molar-refractivity contribution in [3.05, 3.63) is 81.4 Å². The Labute approximate surface area is 151 Å². The van der Waals surface area contributed by atoms with Crippen LogP contribution in [0.15, 0.2) is 36.7 Å². The summed E-state index contributed by atoms with van der Waals surface area (Å²) >= 11 is 0. The number of aryl methyl sites for hydroxylation is 5. The lowest BCUT2D eigenvalue weighted by molar-refractivity contribution is -0.693. The van der Waals surface area contributed by atoms with Crippen molar-refractivity contribution in [1.82, 2.24) is 4.57 Å². The molecule has 0 unspecified atom stereocenters. The van der Waals surface area contributed by atoms with Crippen molar-refractivity contribution in [2.45, 2.75) is 55.0 Å². The second-order valence-electron chi connectivity index (χ2n) is 7.40. The minimum atomic E-state index is 0.919. The molecule has 0 radical (unpaired) electrons. The van der Waals surface area contributed by atoms with Gasteiger partial charge in [-0.05, 0) is 62.4 Å². The third kappa shape index (κ3) is 3.13. The summed E-state index contributed by atoms with van der Waals surface area (Å²) in [6.45, 7) is 16.4. The zero-order chi connectivity index (χ0) is 18.3. The second-order valence-corrected chi connectivity index (χ2v) is 7.40. The van der Waals surface area contributed by atoms with Crippen molar-refractivity contribution in [2.75, 3.05) is 0 Å². The van der Waals surface area contributed by atoms with Gasteiger partial charge in [0, 0.05) is 13.8 Å². The standard InChI is InChI=1S/C23H29N2/c1-15-11-18(4)22(19(5)12-15)13-24-14-25(21(7)20(24)6)23-16(2)9-8-10-17(23)3/h8-12,14H,13H2,1-7H3/q+1. The number of hydrogen-bond donors (Lipinski definition) is 0. The number of imidazole rings is 1. The fraction of sp³-hybridized carbons (Fsp3) is 0.348. The number of hydrogen-bond acceptors (Lipinski definition) is 0. The first-order valence-corrected chi connectivity index (χ1v) is 9.01. The highest BCUT2D eigenvalue weighted by atomic mass is 15.1. The van der Waals surface area contributed by atoms with E-state index < -0.39 is 0 Å². The molecule has 0 N–H and O–H groups in total. The van der Waals surface area contributed by atoms with E-state index >= 15 is 0 Å². The number of benzene rings is 2. The van der Waals surface area contributed by atoms with Crippen molar-refractivity contribution in [3.8, 4) is 5.69 Å². The van der Waals surface area contributed by atoms with Crippen LogP contribution in [0, 0.1) is 48.5 Å². The number of nitrogens with zero attached hydrogens (tertiary/aromatic N) is 2. The Kier molecular flexibility index (Phi) is 4.55. The lowest BCUT2D eigenvalue weighted by Gasteiger charge is -2.10. The largest absolute Gasteiger partial charge is 0.249 e. The first-order chi connectivity index (χ1) is 11.8. The van der Waals surface area contributed by atoms with Crippen molar-refractivity contribution < 1.29 is 4.57 Å². The van der Waals surface area contributed by atoms with Gasteiger partial charge < -0.3 is 0 Å². The first kappa shape index (κ1) is 17.5. The predicted octanol–water partition coefficient (Wildman–Crippen LogP) is 4.97. The molecular weight excluding hydrogens is 304 g/mol. The average Bonchev–Trinajstić information content (AvgIpc) is 2.79. The third-order valence-electron chi connectivity index (χ3n) is 5.42. The van der Waals surface area contributed by atoms with Crippen LogP contribution in [0.2, 0.25) is 0 Å². The number of para-hydroxylation sites is 1. The summed E-state index contributed by atoms with van der Waals surface area (Å²) in [6, 6.07) is 11.1. The maximum atomic E-state index is 2.38. The number of rotatable bonds is 3. The van der Waals surface area contributed by atoms with Crippen LogP contribution in [0.25, 0.3) is 5.69 Å². The van der Waals surface area contributed by atoms with E-state index in [0.717, 1.165) is 6.54 Å². The molecule has 25 heavy (non-hydrogen) atoms. The second kappa shape index (κ2) is 6.51. The van der Waals surface area contributed by atoms with Crippen molar-refractivity contribution in [1.29, 1.82) is 0 Å². The monoisotopic (exact) mass is 333 g/mol. The Morgan fingerprint density at radius 3 is 1.92 bits per heavy atom. The van der Waals surface area contributed by atoms with Gasteiger partial charge in [0.2, 0.25) is 6.33 Å². The van der Waals surface area contributed by atoms with E-state index in [-0.39, 0.29) is 0 Å². The molecule has 0 aliphatic carbocycles. The summed E-state index contributed by atoms with van der Waals surface area (Å²) in [5.41, 5.74) is 12.1. The van der Waals surface area contributed by atoms with Gasteiger partial charge in [0.1, 0.15) is 23.6 Å². The zero-order valence-electron chi connectivity index (χ0n) is 16.6. The van der Waals surface area contributed by atoms with Gasteiger partial charge in [-0.25, -0.2) is 4.57 Å². The summed E-state index contributed by atoms with van der Waals surface area (Å²) < 4.78 is 4.73. The van der Waals surface area contributed by atoms with Gasteiger partial charge in [0.05, 0.1) is 0 Å². The zero-order valence-corrected chi connectivity index (χ0v) is 16.6. The molecule has 0 atom stereocenters. The summed E-state index contributed by atoms with van der Waals surface area (Å²) in [4.78, 5) is 0. The van der Waals surface area contributed by atoms with E-state index in [1.54, 1.807) is 0 Å². The molecule has 0 amide bonds. The fourth-order valence-electron chi connectivity index (χ4n) is 3.89.